The van der Waals surface area contributed by atoms with Crippen LogP contribution in [0, 0.1) is 17.8 Å². The highest BCUT2D eigenvalue weighted by Gasteiger charge is 2.62. The molecule has 5 heteroatoms. The fourth-order valence-electron chi connectivity index (χ4n) is 5.28. The van der Waals surface area contributed by atoms with Gasteiger partial charge in [-0.25, -0.2) is 0 Å². The number of likely N-dealkylation sites (tertiary alicyclic amines) is 1. The maximum Gasteiger partial charge on any atom is 0.251 e. The van der Waals surface area contributed by atoms with Gasteiger partial charge in [0.2, 0.25) is 0 Å². The van der Waals surface area contributed by atoms with Gasteiger partial charge in [0.25, 0.3) is 5.91 Å². The first-order chi connectivity index (χ1) is 12.1. The van der Waals surface area contributed by atoms with E-state index < -0.39 is 0 Å². The maximum atomic E-state index is 12.4. The smallest absolute Gasteiger partial charge is 0.251 e. The van der Waals surface area contributed by atoms with Crippen LogP contribution >= 0.6 is 11.6 Å². The average molecular weight is 361 g/mol. The first-order valence-electron chi connectivity index (χ1n) is 9.57. The third-order valence-electron chi connectivity index (χ3n) is 6.67. The van der Waals surface area contributed by atoms with E-state index in [4.69, 9.17) is 16.3 Å². The zero-order chi connectivity index (χ0) is 17.0. The summed E-state index contributed by atoms with van der Waals surface area (Å²) in [4.78, 5) is 15.0. The molecule has 134 valence electrons. The maximum absolute atomic E-state index is 12.4. The monoisotopic (exact) mass is 360 g/mol. The van der Waals surface area contributed by atoms with Gasteiger partial charge < -0.3 is 10.1 Å². The van der Waals surface area contributed by atoms with Crippen molar-refractivity contribution in [2.75, 3.05) is 26.2 Å². The normalized spacial score (nSPS) is 36.6. The highest BCUT2D eigenvalue weighted by atomic mass is 35.5. The Morgan fingerprint density at radius 2 is 2.08 bits per heavy atom. The molecule has 1 aromatic rings. The van der Waals surface area contributed by atoms with E-state index in [9.17, 15) is 4.79 Å². The molecule has 4 atom stereocenters. The largest absolute Gasteiger partial charge is 0.370 e. The number of benzene rings is 1. The molecular formula is C20H25ClN2O2. The summed E-state index contributed by atoms with van der Waals surface area (Å²) in [6.45, 7) is 4.22. The summed E-state index contributed by atoms with van der Waals surface area (Å²) in [5, 5.41) is 3.80. The third-order valence-corrected chi connectivity index (χ3v) is 6.92. The summed E-state index contributed by atoms with van der Waals surface area (Å²) in [6.07, 6.45) is 5.48. The van der Waals surface area contributed by atoms with Gasteiger partial charge in [0, 0.05) is 48.6 Å². The first-order valence-corrected chi connectivity index (χ1v) is 9.95. The van der Waals surface area contributed by atoms with Crippen LogP contribution in [0.3, 0.4) is 0 Å². The number of carbonyl (C=O) groups is 1. The Hall–Kier alpha value is -1.10. The first kappa shape index (κ1) is 16.1. The zero-order valence-electron chi connectivity index (χ0n) is 14.4. The fraction of sp³-hybridized carbons (Fsp3) is 0.650. The molecule has 0 aromatic heterocycles. The van der Waals surface area contributed by atoms with E-state index >= 15 is 0 Å². The molecular weight excluding hydrogens is 336 g/mol. The Bertz CT molecular complexity index is 675. The summed E-state index contributed by atoms with van der Waals surface area (Å²) < 4.78 is 6.47. The lowest BCUT2D eigenvalue weighted by Gasteiger charge is -2.29. The molecule has 4 nitrogen and oxygen atoms in total. The van der Waals surface area contributed by atoms with Crippen LogP contribution in [0.4, 0.5) is 0 Å². The average Bonchev–Trinajstić information content (AvgIpc) is 3.10. The van der Waals surface area contributed by atoms with Gasteiger partial charge in [-0.1, -0.05) is 11.6 Å². The predicted octanol–water partition coefficient (Wildman–Crippen LogP) is 2.96. The lowest BCUT2D eigenvalue weighted by atomic mass is 9.73. The van der Waals surface area contributed by atoms with Crippen molar-refractivity contribution in [3.05, 3.63) is 34.9 Å². The number of fused-ring (bicyclic) bond motifs is 1. The van der Waals surface area contributed by atoms with E-state index in [1.807, 2.05) is 0 Å². The second-order valence-corrected chi connectivity index (χ2v) is 8.82. The molecule has 2 bridgehead atoms. The van der Waals surface area contributed by atoms with Gasteiger partial charge in [-0.3, -0.25) is 9.69 Å². The number of hydrogen-bond acceptors (Lipinski definition) is 3. The number of carbonyl (C=O) groups excluding carboxylic acids is 1. The Kier molecular flexibility index (Phi) is 3.84. The second-order valence-electron chi connectivity index (χ2n) is 8.38. The van der Waals surface area contributed by atoms with Crippen LogP contribution in [-0.4, -0.2) is 48.7 Å². The molecule has 0 unspecified atom stereocenters. The lowest BCUT2D eigenvalue weighted by molar-refractivity contribution is 0.00244. The molecule has 1 spiro atoms. The molecule has 1 saturated carbocycles. The van der Waals surface area contributed by atoms with Crippen LogP contribution in [0.25, 0.3) is 0 Å². The molecule has 3 aliphatic heterocycles. The number of amides is 1. The van der Waals surface area contributed by atoms with E-state index in [1.165, 1.54) is 25.8 Å². The Labute approximate surface area is 153 Å². The highest BCUT2D eigenvalue weighted by Crippen LogP contribution is 2.55. The quantitative estimate of drug-likeness (QED) is 0.877. The topological polar surface area (TPSA) is 41.6 Å². The molecule has 1 aromatic carbocycles. The molecule has 4 aliphatic rings. The molecule has 3 saturated heterocycles. The van der Waals surface area contributed by atoms with Crippen molar-refractivity contribution >= 4 is 17.5 Å². The second kappa shape index (κ2) is 5.97. The van der Waals surface area contributed by atoms with Gasteiger partial charge in [-0.05, 0) is 55.9 Å². The number of ether oxygens (including phenoxy) is 1. The van der Waals surface area contributed by atoms with Crippen LogP contribution in [-0.2, 0) is 4.74 Å². The Balaban J connectivity index is 1.23. The van der Waals surface area contributed by atoms with Crippen LogP contribution in [0.5, 0.6) is 0 Å². The highest BCUT2D eigenvalue weighted by molar-refractivity contribution is 6.30. The molecule has 1 amide bonds. The molecule has 0 radical (unpaired) electrons. The minimum absolute atomic E-state index is 0.0127. The van der Waals surface area contributed by atoms with Gasteiger partial charge in [0.15, 0.2) is 0 Å². The summed E-state index contributed by atoms with van der Waals surface area (Å²) in [5.41, 5.74) is 0.750. The summed E-state index contributed by atoms with van der Waals surface area (Å²) in [7, 11) is 0. The van der Waals surface area contributed by atoms with Gasteiger partial charge in [0.1, 0.15) is 0 Å². The molecule has 5 rings (SSSR count). The minimum atomic E-state index is -0.0127. The summed E-state index contributed by atoms with van der Waals surface area (Å²) >= 11 is 5.90. The molecule has 1 aliphatic carbocycles. The van der Waals surface area contributed by atoms with Crippen molar-refractivity contribution in [3.8, 4) is 0 Å². The lowest BCUT2D eigenvalue weighted by Crippen LogP contribution is -2.41. The van der Waals surface area contributed by atoms with Gasteiger partial charge in [-0.15, -0.1) is 0 Å². The van der Waals surface area contributed by atoms with Crippen LogP contribution in [0.1, 0.15) is 36.0 Å². The van der Waals surface area contributed by atoms with Crippen molar-refractivity contribution in [1.82, 2.24) is 10.2 Å². The van der Waals surface area contributed by atoms with Gasteiger partial charge >= 0.3 is 0 Å². The Morgan fingerprint density at radius 3 is 2.84 bits per heavy atom. The standard InChI is InChI=1S/C20H25ClN2O2/c21-15-5-3-14(4-6-15)19(24)22-9-16-17-11-23(10-13-1-2-13)12-20(17)8-7-18(16)25-20/h3-6,13,16-18H,1-2,7-12H2,(H,22,24)/t16-,17+,18+,20+/m0/s1. The van der Waals surface area contributed by atoms with Gasteiger partial charge in [-0.2, -0.15) is 0 Å². The van der Waals surface area contributed by atoms with Gasteiger partial charge in [0.05, 0.1) is 11.7 Å². The number of hydrogen-bond donors (Lipinski definition) is 1. The van der Waals surface area contributed by atoms with Crippen molar-refractivity contribution in [2.24, 2.45) is 17.8 Å². The zero-order valence-corrected chi connectivity index (χ0v) is 15.2. The molecule has 1 N–H and O–H groups in total. The third kappa shape index (κ3) is 2.88. The van der Waals surface area contributed by atoms with E-state index in [2.05, 4.69) is 10.2 Å². The van der Waals surface area contributed by atoms with Crippen LogP contribution in [0.15, 0.2) is 24.3 Å². The Morgan fingerprint density at radius 1 is 1.28 bits per heavy atom. The molecule has 25 heavy (non-hydrogen) atoms. The fourth-order valence-corrected chi connectivity index (χ4v) is 5.40. The van der Waals surface area contributed by atoms with Crippen molar-refractivity contribution in [1.29, 1.82) is 0 Å². The summed E-state index contributed by atoms with van der Waals surface area (Å²) in [5.74, 6) is 1.95. The molecule has 3 heterocycles. The van der Waals surface area contributed by atoms with Crippen molar-refractivity contribution in [2.45, 2.75) is 37.4 Å². The van der Waals surface area contributed by atoms with Crippen LogP contribution in [0.2, 0.25) is 5.02 Å². The van der Waals surface area contributed by atoms with E-state index in [1.54, 1.807) is 24.3 Å². The predicted molar refractivity (Wildman–Crippen MR) is 96.8 cm³/mol. The minimum Gasteiger partial charge on any atom is -0.370 e. The van der Waals surface area contributed by atoms with Crippen LogP contribution < -0.4 is 5.32 Å². The number of halogens is 1. The molecule has 4 fully saturated rings. The van der Waals surface area contributed by atoms with E-state index in [0.717, 1.165) is 32.0 Å². The number of nitrogens with one attached hydrogen (secondary N) is 1. The van der Waals surface area contributed by atoms with E-state index in [-0.39, 0.29) is 11.5 Å². The van der Waals surface area contributed by atoms with E-state index in [0.29, 0.717) is 28.5 Å². The summed E-state index contributed by atoms with van der Waals surface area (Å²) in [6, 6.07) is 7.09. The SMILES string of the molecule is O=C(NC[C@H]1[C@H]2CN(CC3CC3)C[C@]23CC[C@H]1O3)c1ccc(Cl)cc1. The van der Waals surface area contributed by atoms with Crippen molar-refractivity contribution < 1.29 is 9.53 Å². The number of rotatable bonds is 5. The number of nitrogens with zero attached hydrogens (tertiary/aromatic N) is 1. The van der Waals surface area contributed by atoms with Crippen molar-refractivity contribution in [3.63, 3.8) is 0 Å².